The maximum atomic E-state index is 13.2. The van der Waals surface area contributed by atoms with Crippen molar-refractivity contribution in [3.05, 3.63) is 44.1 Å². The molecule has 8 heteroatoms. The highest BCUT2D eigenvalue weighted by atomic mass is 19.4. The molecule has 0 spiro atoms. The number of aromatic nitrogens is 2. The number of halogens is 3. The molecule has 0 saturated carbocycles. The van der Waals surface area contributed by atoms with Crippen LogP contribution in [0.5, 0.6) is 0 Å². The summed E-state index contributed by atoms with van der Waals surface area (Å²) < 4.78 is 44.8. The number of benzene rings is 1. The third-order valence-electron chi connectivity index (χ3n) is 3.58. The largest absolute Gasteiger partial charge is 0.416 e. The molecule has 1 aliphatic heterocycles. The fraction of sp³-hybridized carbons (Fsp3) is 0.385. The molecule has 1 aromatic carbocycles. The van der Waals surface area contributed by atoms with E-state index in [-0.39, 0.29) is 23.1 Å². The van der Waals surface area contributed by atoms with Crippen LogP contribution in [-0.4, -0.2) is 23.2 Å². The molecule has 2 N–H and O–H groups in total. The third kappa shape index (κ3) is 2.46. The highest BCUT2D eigenvalue weighted by Crippen LogP contribution is 2.39. The van der Waals surface area contributed by atoms with E-state index in [1.54, 1.807) is 0 Å². The normalized spacial score (nSPS) is 19.3. The van der Waals surface area contributed by atoms with Crippen molar-refractivity contribution in [2.75, 3.05) is 13.2 Å². The zero-order valence-electron chi connectivity index (χ0n) is 10.7. The first-order valence-corrected chi connectivity index (χ1v) is 6.31. The van der Waals surface area contributed by atoms with E-state index in [1.165, 1.54) is 6.07 Å². The van der Waals surface area contributed by atoms with Gasteiger partial charge in [-0.2, -0.15) is 13.2 Å². The minimum absolute atomic E-state index is 0.0319. The highest BCUT2D eigenvalue weighted by molar-refractivity contribution is 5.79. The van der Waals surface area contributed by atoms with Crippen molar-refractivity contribution in [3.63, 3.8) is 0 Å². The lowest BCUT2D eigenvalue weighted by Crippen LogP contribution is -2.23. The molecule has 1 unspecified atom stereocenters. The van der Waals surface area contributed by atoms with Gasteiger partial charge in [-0.25, -0.2) is 4.79 Å². The van der Waals surface area contributed by atoms with Crippen LogP contribution in [-0.2, 0) is 10.9 Å². The van der Waals surface area contributed by atoms with Gasteiger partial charge >= 0.3 is 11.9 Å². The lowest BCUT2D eigenvalue weighted by atomic mass is 9.92. The van der Waals surface area contributed by atoms with E-state index in [9.17, 15) is 22.8 Å². The summed E-state index contributed by atoms with van der Waals surface area (Å²) in [7, 11) is 0. The molecule has 1 aliphatic rings. The smallest absolute Gasteiger partial charge is 0.381 e. The van der Waals surface area contributed by atoms with Gasteiger partial charge in [0, 0.05) is 12.5 Å². The fourth-order valence-corrected chi connectivity index (χ4v) is 2.59. The van der Waals surface area contributed by atoms with Gasteiger partial charge in [0.25, 0.3) is 5.56 Å². The summed E-state index contributed by atoms with van der Waals surface area (Å²) in [6, 6.07) is 2.02. The van der Waals surface area contributed by atoms with Gasteiger partial charge in [-0.15, -0.1) is 0 Å². The van der Waals surface area contributed by atoms with Gasteiger partial charge in [-0.1, -0.05) is 0 Å². The number of hydrogen-bond donors (Lipinski definition) is 2. The molecule has 112 valence electrons. The van der Waals surface area contributed by atoms with Crippen LogP contribution < -0.4 is 11.2 Å². The Morgan fingerprint density at radius 3 is 2.57 bits per heavy atom. The number of ether oxygens (including phenoxy) is 1. The van der Waals surface area contributed by atoms with E-state index < -0.39 is 28.9 Å². The standard InChI is InChI=1S/C13H11F3N2O3/c14-13(15,16)9-4-10-8(11(19)18-12(20)17-10)3-7(9)6-1-2-21-5-6/h3-4,6H,1-2,5H2,(H2,17,18,19,20). The molecule has 21 heavy (non-hydrogen) atoms. The SMILES string of the molecule is O=c1[nH]c(=O)c2cc(C3CCOC3)c(C(F)(F)F)cc2[nH]1. The van der Waals surface area contributed by atoms with Gasteiger partial charge in [-0.3, -0.25) is 9.78 Å². The minimum atomic E-state index is -4.56. The average molecular weight is 300 g/mol. The average Bonchev–Trinajstić information content (AvgIpc) is 2.90. The molecule has 5 nitrogen and oxygen atoms in total. The van der Waals surface area contributed by atoms with Crippen LogP contribution in [0.4, 0.5) is 13.2 Å². The van der Waals surface area contributed by atoms with E-state index in [0.29, 0.717) is 13.0 Å². The molecule has 0 radical (unpaired) electrons. The molecular formula is C13H11F3N2O3. The number of nitrogens with one attached hydrogen (secondary N) is 2. The van der Waals surface area contributed by atoms with E-state index in [4.69, 9.17) is 4.74 Å². The van der Waals surface area contributed by atoms with Crippen LogP contribution in [0.25, 0.3) is 10.9 Å². The molecule has 1 atom stereocenters. The first-order valence-electron chi connectivity index (χ1n) is 6.31. The summed E-state index contributed by atoms with van der Waals surface area (Å²) in [5, 5.41) is 0.0319. The number of hydrogen-bond acceptors (Lipinski definition) is 3. The molecule has 0 aliphatic carbocycles. The van der Waals surface area contributed by atoms with Gasteiger partial charge in [0.1, 0.15) is 0 Å². The lowest BCUT2D eigenvalue weighted by Gasteiger charge is -2.17. The Balaban J connectivity index is 2.33. The molecular weight excluding hydrogens is 289 g/mol. The van der Waals surface area contributed by atoms with E-state index in [0.717, 1.165) is 6.07 Å². The van der Waals surface area contributed by atoms with E-state index in [1.807, 2.05) is 4.98 Å². The predicted molar refractivity (Wildman–Crippen MR) is 68.4 cm³/mol. The lowest BCUT2D eigenvalue weighted by molar-refractivity contribution is -0.138. The second-order valence-electron chi connectivity index (χ2n) is 4.95. The highest BCUT2D eigenvalue weighted by Gasteiger charge is 2.36. The second kappa shape index (κ2) is 4.73. The van der Waals surface area contributed by atoms with E-state index >= 15 is 0 Å². The predicted octanol–water partition coefficient (Wildman–Crippen LogP) is 1.74. The maximum absolute atomic E-state index is 13.2. The zero-order chi connectivity index (χ0) is 15.2. The van der Waals surface area contributed by atoms with Gasteiger partial charge in [-0.05, 0) is 24.1 Å². The molecule has 0 bridgehead atoms. The third-order valence-corrected chi connectivity index (χ3v) is 3.58. The van der Waals surface area contributed by atoms with Gasteiger partial charge in [0.15, 0.2) is 0 Å². The van der Waals surface area contributed by atoms with Gasteiger partial charge < -0.3 is 9.72 Å². The summed E-state index contributed by atoms with van der Waals surface area (Å²) >= 11 is 0. The van der Waals surface area contributed by atoms with Crippen molar-refractivity contribution in [3.8, 4) is 0 Å². The minimum Gasteiger partial charge on any atom is -0.381 e. The molecule has 2 aromatic rings. The summed E-state index contributed by atoms with van der Waals surface area (Å²) in [5.41, 5.74) is -2.48. The van der Waals surface area contributed by atoms with Gasteiger partial charge in [0.2, 0.25) is 0 Å². The summed E-state index contributed by atoms with van der Waals surface area (Å²) in [5.74, 6) is -0.405. The Morgan fingerprint density at radius 2 is 1.95 bits per heavy atom. The van der Waals surface area contributed by atoms with Gasteiger partial charge in [0.05, 0.1) is 23.1 Å². The first-order chi connectivity index (χ1) is 9.86. The molecule has 2 heterocycles. The van der Waals surface area contributed by atoms with Crippen LogP contribution in [0.2, 0.25) is 0 Å². The Morgan fingerprint density at radius 1 is 1.19 bits per heavy atom. The Labute approximate surface area is 115 Å². The number of fused-ring (bicyclic) bond motifs is 1. The molecule has 3 rings (SSSR count). The first kappa shape index (κ1) is 13.9. The number of H-pyrrole nitrogens is 2. The monoisotopic (exact) mass is 300 g/mol. The number of alkyl halides is 3. The Bertz CT molecular complexity index is 801. The van der Waals surface area contributed by atoms with Crippen molar-refractivity contribution in [1.29, 1.82) is 0 Å². The molecule has 0 amide bonds. The number of rotatable bonds is 1. The van der Waals surface area contributed by atoms with Crippen LogP contribution in [0, 0.1) is 0 Å². The summed E-state index contributed by atoms with van der Waals surface area (Å²) in [4.78, 5) is 27.2. The number of aromatic amines is 2. The van der Waals surface area contributed by atoms with Crippen molar-refractivity contribution in [1.82, 2.24) is 9.97 Å². The van der Waals surface area contributed by atoms with Crippen LogP contribution in [0.3, 0.4) is 0 Å². The van der Waals surface area contributed by atoms with Crippen LogP contribution in [0.15, 0.2) is 21.7 Å². The summed E-state index contributed by atoms with van der Waals surface area (Å²) in [6.07, 6.45) is -4.10. The molecule has 1 saturated heterocycles. The van der Waals surface area contributed by atoms with Crippen molar-refractivity contribution < 1.29 is 17.9 Å². The second-order valence-corrected chi connectivity index (χ2v) is 4.95. The molecule has 1 aromatic heterocycles. The fourth-order valence-electron chi connectivity index (χ4n) is 2.59. The van der Waals surface area contributed by atoms with Crippen LogP contribution in [0.1, 0.15) is 23.5 Å². The molecule has 1 fully saturated rings. The maximum Gasteiger partial charge on any atom is 0.416 e. The van der Waals surface area contributed by atoms with E-state index in [2.05, 4.69) is 4.98 Å². The Hall–Kier alpha value is -2.09. The Kier molecular flexibility index (Phi) is 3.12. The quantitative estimate of drug-likeness (QED) is 0.842. The zero-order valence-corrected chi connectivity index (χ0v) is 10.7. The van der Waals surface area contributed by atoms with Crippen molar-refractivity contribution in [2.24, 2.45) is 0 Å². The summed E-state index contributed by atoms with van der Waals surface area (Å²) in [6.45, 7) is 0.581. The van der Waals surface area contributed by atoms with Crippen molar-refractivity contribution in [2.45, 2.75) is 18.5 Å². The topological polar surface area (TPSA) is 74.9 Å². The van der Waals surface area contributed by atoms with Crippen LogP contribution >= 0.6 is 0 Å². The van der Waals surface area contributed by atoms with Crippen molar-refractivity contribution >= 4 is 10.9 Å².